The minimum Gasteiger partial charge on any atom is -0.496 e. The van der Waals surface area contributed by atoms with Crippen LogP contribution in [0.2, 0.25) is 0 Å². The predicted octanol–water partition coefficient (Wildman–Crippen LogP) is 3.58. The minimum absolute atomic E-state index is 0.645. The summed E-state index contributed by atoms with van der Waals surface area (Å²) in [5, 5.41) is 0. The molecule has 16 heavy (non-hydrogen) atoms. The van der Waals surface area contributed by atoms with Crippen LogP contribution >= 0.6 is 28.1 Å². The first-order valence-corrected chi connectivity index (χ1v) is 5.80. The van der Waals surface area contributed by atoms with Crippen molar-refractivity contribution in [3.63, 3.8) is 0 Å². The van der Waals surface area contributed by atoms with Gasteiger partial charge < -0.3 is 9.72 Å². The van der Waals surface area contributed by atoms with Gasteiger partial charge in [0, 0.05) is 10.7 Å². The van der Waals surface area contributed by atoms with Gasteiger partial charge in [0.05, 0.1) is 12.7 Å². The third-order valence-corrected chi connectivity index (χ3v) is 2.82. The Morgan fingerprint density at radius 3 is 2.88 bits per heavy atom. The van der Waals surface area contributed by atoms with Gasteiger partial charge in [-0.25, -0.2) is 4.98 Å². The van der Waals surface area contributed by atoms with Gasteiger partial charge in [0.2, 0.25) is 0 Å². The Bertz CT molecular complexity index is 568. The summed E-state index contributed by atoms with van der Waals surface area (Å²) in [5.74, 6) is 1.46. The lowest BCUT2D eigenvalue weighted by atomic mass is 10.2. The third kappa shape index (κ3) is 2.31. The van der Waals surface area contributed by atoms with Crippen LogP contribution in [-0.2, 0) is 0 Å². The quantitative estimate of drug-likeness (QED) is 0.861. The zero-order valence-electron chi connectivity index (χ0n) is 8.53. The largest absolute Gasteiger partial charge is 0.496 e. The second-order valence-electron chi connectivity index (χ2n) is 3.13. The number of halogens is 1. The van der Waals surface area contributed by atoms with Crippen LogP contribution < -0.4 is 4.74 Å². The fraction of sp³-hybridized carbons (Fsp3) is 0.0909. The molecule has 1 aromatic carbocycles. The summed E-state index contributed by atoms with van der Waals surface area (Å²) >= 11 is 8.48. The molecule has 2 rings (SSSR count). The number of aromatic nitrogens is 2. The van der Waals surface area contributed by atoms with Gasteiger partial charge in [-0.2, -0.15) is 0 Å². The Labute approximate surface area is 107 Å². The molecular weight excluding hydrogens is 288 g/mol. The normalized spacial score (nSPS) is 10.1. The van der Waals surface area contributed by atoms with Crippen molar-refractivity contribution in [2.75, 3.05) is 7.11 Å². The maximum atomic E-state index is 5.28. The summed E-state index contributed by atoms with van der Waals surface area (Å²) in [6.45, 7) is 0. The number of nitrogens with one attached hydrogen (secondary N) is 1. The van der Waals surface area contributed by atoms with Crippen molar-refractivity contribution in [2.45, 2.75) is 0 Å². The lowest BCUT2D eigenvalue weighted by molar-refractivity contribution is 0.416. The number of nitrogens with zero attached hydrogens (tertiary/aromatic N) is 1. The van der Waals surface area contributed by atoms with Gasteiger partial charge >= 0.3 is 0 Å². The van der Waals surface area contributed by atoms with Crippen molar-refractivity contribution in [3.05, 3.63) is 39.6 Å². The molecule has 0 unspecified atom stereocenters. The lowest BCUT2D eigenvalue weighted by Crippen LogP contribution is -1.92. The van der Waals surface area contributed by atoms with E-state index in [9.17, 15) is 0 Å². The van der Waals surface area contributed by atoms with Crippen molar-refractivity contribution < 1.29 is 4.74 Å². The van der Waals surface area contributed by atoms with Gasteiger partial charge in [-0.15, -0.1) is 0 Å². The topological polar surface area (TPSA) is 37.9 Å². The van der Waals surface area contributed by atoms with E-state index in [0.717, 1.165) is 15.8 Å². The number of H-pyrrole nitrogens is 1. The van der Waals surface area contributed by atoms with E-state index in [1.54, 1.807) is 19.4 Å². The summed E-state index contributed by atoms with van der Waals surface area (Å²) < 4.78 is 6.89. The van der Waals surface area contributed by atoms with E-state index < -0.39 is 0 Å². The van der Waals surface area contributed by atoms with Gasteiger partial charge in [-0.05, 0) is 24.3 Å². The molecule has 0 atom stereocenters. The van der Waals surface area contributed by atoms with Crippen molar-refractivity contribution in [3.8, 4) is 17.1 Å². The number of rotatable bonds is 2. The van der Waals surface area contributed by atoms with Crippen molar-refractivity contribution >= 4 is 28.1 Å². The summed E-state index contributed by atoms with van der Waals surface area (Å²) in [5.41, 5.74) is 0.878. The highest BCUT2D eigenvalue weighted by Crippen LogP contribution is 2.29. The molecular formula is C11H9BrN2OS. The lowest BCUT2D eigenvalue weighted by Gasteiger charge is -2.07. The van der Waals surface area contributed by atoms with E-state index in [-0.39, 0.29) is 0 Å². The molecule has 0 fully saturated rings. The number of benzene rings is 1. The van der Waals surface area contributed by atoms with E-state index in [4.69, 9.17) is 17.0 Å². The number of methoxy groups -OCH3 is 1. The average Bonchev–Trinajstić information content (AvgIpc) is 2.29. The summed E-state index contributed by atoms with van der Waals surface area (Å²) in [6, 6.07) is 7.47. The van der Waals surface area contributed by atoms with E-state index in [2.05, 4.69) is 25.9 Å². The van der Waals surface area contributed by atoms with Crippen molar-refractivity contribution in [2.24, 2.45) is 0 Å². The minimum atomic E-state index is 0.645. The molecule has 0 radical (unpaired) electrons. The molecule has 0 saturated heterocycles. The van der Waals surface area contributed by atoms with Crippen LogP contribution in [0.25, 0.3) is 11.4 Å². The number of ether oxygens (including phenoxy) is 1. The van der Waals surface area contributed by atoms with Gasteiger partial charge in [-0.1, -0.05) is 28.1 Å². The van der Waals surface area contributed by atoms with Crippen LogP contribution in [0, 0.1) is 4.64 Å². The zero-order valence-corrected chi connectivity index (χ0v) is 10.9. The molecule has 5 heteroatoms. The highest BCUT2D eigenvalue weighted by molar-refractivity contribution is 9.10. The first-order valence-electron chi connectivity index (χ1n) is 4.60. The van der Waals surface area contributed by atoms with E-state index >= 15 is 0 Å². The molecule has 3 nitrogen and oxygen atoms in total. The summed E-state index contributed by atoms with van der Waals surface area (Å²) in [6.07, 6.45) is 1.68. The first kappa shape index (κ1) is 11.3. The Balaban J connectivity index is 2.62. The van der Waals surface area contributed by atoms with Crippen LogP contribution in [0.1, 0.15) is 0 Å². The van der Waals surface area contributed by atoms with Crippen molar-refractivity contribution in [1.29, 1.82) is 0 Å². The molecule has 0 bridgehead atoms. The van der Waals surface area contributed by atoms with E-state index in [0.29, 0.717) is 10.5 Å². The van der Waals surface area contributed by atoms with Crippen LogP contribution in [0.4, 0.5) is 0 Å². The van der Waals surface area contributed by atoms with Gasteiger partial charge in [0.15, 0.2) is 0 Å². The Hall–Kier alpha value is -1.20. The van der Waals surface area contributed by atoms with Crippen LogP contribution in [0.15, 0.2) is 34.9 Å². The maximum Gasteiger partial charge on any atom is 0.142 e. The first-order chi connectivity index (χ1) is 7.70. The van der Waals surface area contributed by atoms with E-state index in [1.807, 2.05) is 18.2 Å². The second kappa shape index (κ2) is 4.76. The Kier molecular flexibility index (Phi) is 3.36. The predicted molar refractivity (Wildman–Crippen MR) is 69.1 cm³/mol. The van der Waals surface area contributed by atoms with Crippen LogP contribution in [0.3, 0.4) is 0 Å². The fourth-order valence-electron chi connectivity index (χ4n) is 1.37. The second-order valence-corrected chi connectivity index (χ2v) is 4.48. The summed E-state index contributed by atoms with van der Waals surface area (Å²) in [7, 11) is 1.63. The molecule has 1 aromatic heterocycles. The molecule has 0 spiro atoms. The van der Waals surface area contributed by atoms with Gasteiger partial charge in [-0.3, -0.25) is 0 Å². The number of hydrogen-bond donors (Lipinski definition) is 1. The molecule has 0 amide bonds. The molecule has 0 aliphatic heterocycles. The molecule has 2 aromatic rings. The summed E-state index contributed by atoms with van der Waals surface area (Å²) in [4.78, 5) is 7.26. The Morgan fingerprint density at radius 1 is 1.38 bits per heavy atom. The highest BCUT2D eigenvalue weighted by Gasteiger charge is 2.07. The average molecular weight is 297 g/mol. The number of hydrogen-bond acceptors (Lipinski definition) is 3. The molecule has 0 saturated carbocycles. The fourth-order valence-corrected chi connectivity index (χ4v) is 1.89. The smallest absolute Gasteiger partial charge is 0.142 e. The molecule has 0 aliphatic carbocycles. The standard InChI is InChI=1S/C11H9BrN2OS/c1-15-9-3-2-7(12)6-8(9)11-13-5-4-10(16)14-11/h2-6H,1H3,(H,13,14,16). The van der Waals surface area contributed by atoms with Gasteiger partial charge in [0.25, 0.3) is 0 Å². The third-order valence-electron chi connectivity index (χ3n) is 2.09. The Morgan fingerprint density at radius 2 is 2.19 bits per heavy atom. The van der Waals surface area contributed by atoms with E-state index in [1.165, 1.54) is 0 Å². The molecule has 82 valence electrons. The van der Waals surface area contributed by atoms with Gasteiger partial charge in [0.1, 0.15) is 16.2 Å². The van der Waals surface area contributed by atoms with Crippen LogP contribution in [-0.4, -0.2) is 17.1 Å². The maximum absolute atomic E-state index is 5.28. The van der Waals surface area contributed by atoms with Crippen LogP contribution in [0.5, 0.6) is 5.75 Å². The SMILES string of the molecule is COc1ccc(Br)cc1-c1nccc(=S)[nH]1. The van der Waals surface area contributed by atoms with Crippen molar-refractivity contribution in [1.82, 2.24) is 9.97 Å². The molecule has 1 heterocycles. The molecule has 1 N–H and O–H groups in total. The molecule has 0 aliphatic rings. The highest BCUT2D eigenvalue weighted by atomic mass is 79.9. The number of aromatic amines is 1. The monoisotopic (exact) mass is 296 g/mol. The zero-order chi connectivity index (χ0) is 11.5.